The first-order chi connectivity index (χ1) is 8.93. The van der Waals surface area contributed by atoms with Gasteiger partial charge in [-0.2, -0.15) is 5.26 Å². The molecule has 2 nitrogen and oxygen atoms in total. The Balaban J connectivity index is 2.57. The first-order valence-electron chi connectivity index (χ1n) is 6.39. The van der Waals surface area contributed by atoms with Crippen molar-refractivity contribution in [3.05, 3.63) is 53.3 Å². The van der Waals surface area contributed by atoms with Gasteiger partial charge in [-0.15, -0.1) is 0 Å². The normalized spacial score (nSPS) is 11.1. The number of aryl methyl sites for hydroxylation is 1. The predicted octanol–water partition coefficient (Wildman–Crippen LogP) is 4.23. The molecule has 1 aromatic carbocycles. The van der Waals surface area contributed by atoms with Crippen LogP contribution in [0.3, 0.4) is 0 Å². The lowest BCUT2D eigenvalue weighted by Crippen LogP contribution is -2.11. The summed E-state index contributed by atoms with van der Waals surface area (Å²) >= 11 is 0. The molecule has 0 spiro atoms. The van der Waals surface area contributed by atoms with Gasteiger partial charge in [-0.05, 0) is 35.1 Å². The summed E-state index contributed by atoms with van der Waals surface area (Å²) in [6, 6.07) is 10.6. The number of aromatic nitrogens is 1. The smallest absolute Gasteiger partial charge is 0.101 e. The lowest BCUT2D eigenvalue weighted by Gasteiger charge is -2.20. The largest absolute Gasteiger partial charge is 0.263 e. The zero-order valence-corrected chi connectivity index (χ0v) is 11.9. The molecule has 19 heavy (non-hydrogen) atoms. The Morgan fingerprint density at radius 3 is 2.42 bits per heavy atom. The highest BCUT2D eigenvalue weighted by molar-refractivity contribution is 5.73. The van der Waals surface area contributed by atoms with E-state index < -0.39 is 0 Å². The third kappa shape index (κ3) is 2.66. The summed E-state index contributed by atoms with van der Waals surface area (Å²) < 4.78 is 0. The van der Waals surface area contributed by atoms with Gasteiger partial charge in [-0.3, -0.25) is 4.98 Å². The lowest BCUT2D eigenvalue weighted by molar-refractivity contribution is 0.590. The number of pyridine rings is 1. The summed E-state index contributed by atoms with van der Waals surface area (Å²) in [7, 11) is 0. The highest BCUT2D eigenvalue weighted by Gasteiger charge is 2.15. The molecule has 1 heterocycles. The number of hydrogen-bond donors (Lipinski definition) is 0. The molecule has 0 bridgehead atoms. The highest BCUT2D eigenvalue weighted by atomic mass is 14.6. The predicted molar refractivity (Wildman–Crippen MR) is 77.8 cm³/mol. The van der Waals surface area contributed by atoms with Gasteiger partial charge in [-0.1, -0.05) is 39.0 Å². The molecule has 0 fully saturated rings. The zero-order chi connectivity index (χ0) is 14.0. The van der Waals surface area contributed by atoms with E-state index in [9.17, 15) is 0 Å². The van der Waals surface area contributed by atoms with Gasteiger partial charge >= 0.3 is 0 Å². The number of nitriles is 1. The van der Waals surface area contributed by atoms with Gasteiger partial charge in [0.2, 0.25) is 0 Å². The first kappa shape index (κ1) is 13.3. The molecule has 0 aliphatic heterocycles. The van der Waals surface area contributed by atoms with Crippen molar-refractivity contribution in [3.63, 3.8) is 0 Å². The molecular weight excluding hydrogens is 232 g/mol. The van der Waals surface area contributed by atoms with Crippen LogP contribution in [0.1, 0.15) is 37.5 Å². The SMILES string of the molecule is Cc1cc(C(C)(C)C)ccc1-c1ccncc1C#N. The van der Waals surface area contributed by atoms with Crippen molar-refractivity contribution in [2.75, 3.05) is 0 Å². The second-order valence-corrected chi connectivity index (χ2v) is 5.81. The Hall–Kier alpha value is -2.14. The summed E-state index contributed by atoms with van der Waals surface area (Å²) in [4.78, 5) is 4.01. The van der Waals surface area contributed by atoms with Crippen molar-refractivity contribution < 1.29 is 0 Å². The molecule has 0 saturated carbocycles. The topological polar surface area (TPSA) is 36.7 Å². The van der Waals surface area contributed by atoms with Crippen LogP contribution < -0.4 is 0 Å². The standard InChI is InChI=1S/C17H18N2/c1-12-9-14(17(2,3)4)5-6-15(12)16-7-8-19-11-13(16)10-18/h5-9,11H,1-4H3. The summed E-state index contributed by atoms with van der Waals surface area (Å²) in [5.74, 6) is 0. The maximum Gasteiger partial charge on any atom is 0.101 e. The minimum atomic E-state index is 0.138. The molecule has 0 N–H and O–H groups in total. The molecule has 0 amide bonds. The van der Waals surface area contributed by atoms with Gasteiger partial charge in [-0.25, -0.2) is 0 Å². The lowest BCUT2D eigenvalue weighted by atomic mass is 9.84. The molecule has 0 aliphatic rings. The third-order valence-corrected chi connectivity index (χ3v) is 3.32. The van der Waals surface area contributed by atoms with Gasteiger partial charge in [0, 0.05) is 18.0 Å². The summed E-state index contributed by atoms with van der Waals surface area (Å²) in [5.41, 5.74) is 5.31. The summed E-state index contributed by atoms with van der Waals surface area (Å²) in [6.07, 6.45) is 3.35. The van der Waals surface area contributed by atoms with E-state index in [1.165, 1.54) is 11.1 Å². The maximum absolute atomic E-state index is 9.16. The van der Waals surface area contributed by atoms with Crippen LogP contribution in [0, 0.1) is 18.3 Å². The summed E-state index contributed by atoms with van der Waals surface area (Å²) in [6.45, 7) is 8.70. The van der Waals surface area contributed by atoms with Crippen molar-refractivity contribution in [1.82, 2.24) is 4.98 Å². The van der Waals surface area contributed by atoms with Crippen LogP contribution >= 0.6 is 0 Å². The number of rotatable bonds is 1. The Kier molecular flexibility index (Phi) is 3.40. The number of nitrogens with zero attached hydrogens (tertiary/aromatic N) is 2. The number of benzene rings is 1. The van der Waals surface area contributed by atoms with Crippen molar-refractivity contribution in [1.29, 1.82) is 5.26 Å². The van der Waals surface area contributed by atoms with Crippen LogP contribution in [0.25, 0.3) is 11.1 Å². The monoisotopic (exact) mass is 250 g/mol. The Morgan fingerprint density at radius 2 is 1.84 bits per heavy atom. The average Bonchev–Trinajstić information content (AvgIpc) is 2.37. The average molecular weight is 250 g/mol. The van der Waals surface area contributed by atoms with Gasteiger partial charge < -0.3 is 0 Å². The van der Waals surface area contributed by atoms with E-state index in [1.54, 1.807) is 12.4 Å². The van der Waals surface area contributed by atoms with Gasteiger partial charge in [0.05, 0.1) is 5.56 Å². The van der Waals surface area contributed by atoms with Crippen LogP contribution in [-0.2, 0) is 5.41 Å². The molecule has 0 aliphatic carbocycles. The molecule has 2 heteroatoms. The molecular formula is C17H18N2. The minimum Gasteiger partial charge on any atom is -0.263 e. The van der Waals surface area contributed by atoms with E-state index in [-0.39, 0.29) is 5.41 Å². The molecule has 96 valence electrons. The molecule has 0 atom stereocenters. The molecule has 0 unspecified atom stereocenters. The van der Waals surface area contributed by atoms with Crippen LogP contribution in [0.4, 0.5) is 0 Å². The third-order valence-electron chi connectivity index (χ3n) is 3.32. The second kappa shape index (κ2) is 4.85. The fraction of sp³-hybridized carbons (Fsp3) is 0.294. The van der Waals surface area contributed by atoms with Crippen LogP contribution in [0.15, 0.2) is 36.7 Å². The van der Waals surface area contributed by atoms with Gasteiger partial charge in [0.1, 0.15) is 6.07 Å². The molecule has 1 aromatic heterocycles. The van der Waals surface area contributed by atoms with Crippen LogP contribution in [0.5, 0.6) is 0 Å². The quantitative estimate of drug-likeness (QED) is 0.759. The fourth-order valence-corrected chi connectivity index (χ4v) is 2.15. The molecule has 0 saturated heterocycles. The Labute approximate surface area is 114 Å². The maximum atomic E-state index is 9.16. The molecule has 2 rings (SSSR count). The first-order valence-corrected chi connectivity index (χ1v) is 6.39. The van der Waals surface area contributed by atoms with Crippen LogP contribution in [0.2, 0.25) is 0 Å². The van der Waals surface area contributed by atoms with Crippen molar-refractivity contribution in [2.45, 2.75) is 33.1 Å². The zero-order valence-electron chi connectivity index (χ0n) is 11.9. The second-order valence-electron chi connectivity index (χ2n) is 5.81. The van der Waals surface area contributed by atoms with E-state index in [1.807, 2.05) is 6.07 Å². The number of hydrogen-bond acceptors (Lipinski definition) is 2. The fourth-order valence-electron chi connectivity index (χ4n) is 2.15. The van der Waals surface area contributed by atoms with Gasteiger partial charge in [0.25, 0.3) is 0 Å². The van der Waals surface area contributed by atoms with Crippen molar-refractivity contribution >= 4 is 0 Å². The summed E-state index contributed by atoms with van der Waals surface area (Å²) in [5, 5.41) is 9.16. The van der Waals surface area contributed by atoms with E-state index in [0.717, 1.165) is 11.1 Å². The van der Waals surface area contributed by atoms with Crippen LogP contribution in [-0.4, -0.2) is 4.98 Å². The Morgan fingerprint density at radius 1 is 1.11 bits per heavy atom. The highest BCUT2D eigenvalue weighted by Crippen LogP contribution is 2.30. The van der Waals surface area contributed by atoms with E-state index in [2.05, 4.69) is 56.9 Å². The van der Waals surface area contributed by atoms with E-state index in [4.69, 9.17) is 5.26 Å². The minimum absolute atomic E-state index is 0.138. The Bertz CT molecular complexity index is 643. The molecule has 2 aromatic rings. The van der Waals surface area contributed by atoms with E-state index >= 15 is 0 Å². The van der Waals surface area contributed by atoms with Crippen molar-refractivity contribution in [2.24, 2.45) is 0 Å². The van der Waals surface area contributed by atoms with E-state index in [0.29, 0.717) is 5.56 Å². The van der Waals surface area contributed by atoms with Crippen molar-refractivity contribution in [3.8, 4) is 17.2 Å². The molecule has 0 radical (unpaired) electrons. The van der Waals surface area contributed by atoms with Gasteiger partial charge in [0.15, 0.2) is 0 Å².